The topological polar surface area (TPSA) is 527 Å². The Balaban J connectivity index is 2.04. The monoisotopic (exact) mass is 1230 g/mol. The second-order valence-electron chi connectivity index (χ2n) is 21.3. The van der Waals surface area contributed by atoms with E-state index in [9.17, 15) is 103 Å². The summed E-state index contributed by atoms with van der Waals surface area (Å²) in [4.78, 5) is 200. The minimum absolute atomic E-state index is 0.0135. The van der Waals surface area contributed by atoms with E-state index in [1.807, 2.05) is 0 Å². The molecule has 3 rings (SSSR count). The number of rotatable bonds is 14. The fraction of sp³-hybridized carbons (Fsp3) is 0.611. The number of carbonyl (C=O) groups is 15. The van der Waals surface area contributed by atoms with E-state index in [0.717, 1.165) is 4.90 Å². The number of carbonyl (C=O) groups excluding carboxylic acids is 11. The zero-order chi connectivity index (χ0) is 65.2. The first kappa shape index (κ1) is 72.2. The zero-order valence-electron chi connectivity index (χ0n) is 48.6. The van der Waals surface area contributed by atoms with Gasteiger partial charge in [0.05, 0.1) is 38.5 Å². The normalized spacial score (nSPS) is 26.5. The van der Waals surface area contributed by atoms with Crippen LogP contribution in [0.1, 0.15) is 110 Å². The first-order valence-corrected chi connectivity index (χ1v) is 28.3. The van der Waals surface area contributed by atoms with Crippen molar-refractivity contribution in [1.29, 1.82) is 0 Å². The van der Waals surface area contributed by atoms with Crippen molar-refractivity contribution in [2.24, 2.45) is 17.6 Å². The van der Waals surface area contributed by atoms with Crippen molar-refractivity contribution >= 4 is 88.9 Å². The Morgan fingerprint density at radius 1 is 0.552 bits per heavy atom. The van der Waals surface area contributed by atoms with E-state index < -0.39 is 194 Å². The molecule has 12 atom stereocenters. The van der Waals surface area contributed by atoms with Crippen LogP contribution in [0, 0.1) is 11.8 Å². The number of nitrogens with two attached hydrogens (primary N) is 1. The molecule has 18 N–H and O–H groups in total. The molecular formula is C54H80N12O21. The van der Waals surface area contributed by atoms with Gasteiger partial charge in [0.2, 0.25) is 65.0 Å². The summed E-state index contributed by atoms with van der Waals surface area (Å²) >= 11 is 0. The molecule has 11 amide bonds. The summed E-state index contributed by atoms with van der Waals surface area (Å²) < 4.78 is 0. The molecular weight excluding hydrogens is 1150 g/mol. The van der Waals surface area contributed by atoms with Gasteiger partial charge in [0, 0.05) is 25.9 Å². The molecule has 0 spiro atoms. The van der Waals surface area contributed by atoms with Crippen molar-refractivity contribution in [3.8, 4) is 5.75 Å². The number of aliphatic hydroxyl groups is 1. The smallest absolute Gasteiger partial charge is 0.326 e. The molecule has 0 aliphatic carbocycles. The standard InChI is InChI=1S/C54H80N12O21/c1-5-26(3)43-51(83)59-31(54(86)87)10-7-8-18-56-38(69)17-16-30(55)45(77)63-36(25-67)49(81)65-44(27(4)6-2)52(84)61-32(20-28-12-14-29(68)15-13-28)46(78)62-35(23-42(75)76)53(85)66-19-9-11-37(66)50(82)57-24-39(70)58-33(21-40(71)72)47(79)60-34(22-41(73)74)48(80)64-43/h12-15,26-27,30-37,43-44,67-68H,5-11,16-25,55H2,1-4H3,(H,56,69)(H,57,82)(H,58,70)(H,59,83)(H,60,79)(H,61,84)(H,62,78)(H,63,77)(H,64,80)(H,65,81)(H,71,72)(H,73,74)(H,75,76)(H,86,87)/t26-,27-,30-,31-,32-,33-,34-,35-,36-,37-,43+,44+/m0/s1. The second kappa shape index (κ2) is 35.4. The van der Waals surface area contributed by atoms with E-state index in [0.29, 0.717) is 5.56 Å². The number of aliphatic carboxylic acids is 4. The van der Waals surface area contributed by atoms with Gasteiger partial charge in [0.25, 0.3) is 0 Å². The van der Waals surface area contributed by atoms with E-state index >= 15 is 0 Å². The average Bonchev–Trinajstić information content (AvgIpc) is 2.79. The van der Waals surface area contributed by atoms with Gasteiger partial charge >= 0.3 is 23.9 Å². The highest BCUT2D eigenvalue weighted by Crippen LogP contribution is 2.21. The van der Waals surface area contributed by atoms with E-state index in [-0.39, 0.29) is 83.0 Å². The van der Waals surface area contributed by atoms with Crippen molar-refractivity contribution in [2.75, 3.05) is 26.2 Å². The number of nitrogens with one attached hydrogen (secondary N) is 10. The Hall–Kier alpha value is -9.01. The second-order valence-corrected chi connectivity index (χ2v) is 21.3. The third-order valence-corrected chi connectivity index (χ3v) is 14.6. The van der Waals surface area contributed by atoms with Crippen molar-refractivity contribution in [3.63, 3.8) is 0 Å². The number of amides is 11. The highest BCUT2D eigenvalue weighted by molar-refractivity contribution is 6.00. The summed E-state index contributed by atoms with van der Waals surface area (Å²) in [5.74, 6) is -19.9. The predicted octanol–water partition coefficient (Wildman–Crippen LogP) is -5.08. The number of carboxylic acid groups (broad SMARTS) is 4. The molecule has 33 heteroatoms. The van der Waals surface area contributed by atoms with Gasteiger partial charge in [-0.3, -0.25) is 67.1 Å². The van der Waals surface area contributed by atoms with Crippen LogP contribution in [0.5, 0.6) is 5.75 Å². The maximum Gasteiger partial charge on any atom is 0.326 e. The Labute approximate surface area is 499 Å². The molecule has 0 aromatic heterocycles. The molecule has 1 aromatic rings. The summed E-state index contributed by atoms with van der Waals surface area (Å²) in [5.41, 5.74) is 6.37. The molecule has 33 nitrogen and oxygen atoms in total. The van der Waals surface area contributed by atoms with Gasteiger partial charge in [0.1, 0.15) is 60.1 Å². The fourth-order valence-corrected chi connectivity index (χ4v) is 9.17. The summed E-state index contributed by atoms with van der Waals surface area (Å²) in [6, 6.07) is -11.5. The van der Waals surface area contributed by atoms with Crippen LogP contribution in [-0.4, -0.2) is 211 Å². The molecule has 0 unspecified atom stereocenters. The van der Waals surface area contributed by atoms with Crippen LogP contribution in [0.4, 0.5) is 0 Å². The number of benzene rings is 1. The highest BCUT2D eigenvalue weighted by Gasteiger charge is 2.41. The molecule has 2 saturated heterocycles. The van der Waals surface area contributed by atoms with Gasteiger partial charge in [-0.25, -0.2) is 4.79 Å². The molecule has 0 bridgehead atoms. The van der Waals surface area contributed by atoms with E-state index in [2.05, 4.69) is 53.2 Å². The number of aromatic hydroxyl groups is 1. The lowest BCUT2D eigenvalue weighted by atomic mass is 9.96. The summed E-state index contributed by atoms with van der Waals surface area (Å²) in [6.07, 6.45) is -3.81. The predicted molar refractivity (Wildman–Crippen MR) is 299 cm³/mol. The van der Waals surface area contributed by atoms with Crippen LogP contribution < -0.4 is 58.9 Å². The summed E-state index contributed by atoms with van der Waals surface area (Å²) in [5, 5.41) is 82.7. The number of carboxylic acids is 4. The number of fused-ring (bicyclic) bond motifs is 1. The molecule has 2 aliphatic rings. The van der Waals surface area contributed by atoms with Crippen molar-refractivity contribution in [3.05, 3.63) is 29.8 Å². The maximum absolute atomic E-state index is 14.3. The number of phenols is 1. The number of phenolic OH excluding ortho intramolecular Hbond substituents is 1. The average molecular weight is 1230 g/mol. The Morgan fingerprint density at radius 3 is 1.60 bits per heavy atom. The van der Waals surface area contributed by atoms with Gasteiger partial charge < -0.3 is 94.4 Å². The molecule has 1 aromatic carbocycles. The Kier molecular flexibility index (Phi) is 29.4. The molecule has 482 valence electrons. The molecule has 87 heavy (non-hydrogen) atoms. The molecule has 0 saturated carbocycles. The fourth-order valence-electron chi connectivity index (χ4n) is 9.17. The summed E-state index contributed by atoms with van der Waals surface area (Å²) in [7, 11) is 0. The minimum atomic E-state index is -2.04. The van der Waals surface area contributed by atoms with Gasteiger partial charge in [-0.2, -0.15) is 0 Å². The van der Waals surface area contributed by atoms with Crippen LogP contribution in [0.25, 0.3) is 0 Å². The Bertz CT molecular complexity index is 2680. The molecule has 2 fully saturated rings. The van der Waals surface area contributed by atoms with Gasteiger partial charge in [0.15, 0.2) is 0 Å². The Morgan fingerprint density at radius 2 is 1.05 bits per heavy atom. The van der Waals surface area contributed by atoms with Crippen LogP contribution in [-0.2, 0) is 78.3 Å². The molecule has 2 heterocycles. The van der Waals surface area contributed by atoms with Crippen LogP contribution in [0.15, 0.2) is 24.3 Å². The van der Waals surface area contributed by atoms with E-state index in [4.69, 9.17) is 5.73 Å². The maximum atomic E-state index is 14.3. The largest absolute Gasteiger partial charge is 0.508 e. The van der Waals surface area contributed by atoms with E-state index in [1.54, 1.807) is 20.8 Å². The lowest BCUT2D eigenvalue weighted by Gasteiger charge is -2.30. The molecule has 0 radical (unpaired) electrons. The van der Waals surface area contributed by atoms with Gasteiger partial charge in [-0.1, -0.05) is 52.7 Å². The lowest BCUT2D eigenvalue weighted by molar-refractivity contribution is -0.146. The number of hydrogen-bond acceptors (Lipinski definition) is 18. The van der Waals surface area contributed by atoms with Crippen LogP contribution in [0.3, 0.4) is 0 Å². The SMILES string of the molecule is CC[C@H](C)[C@H]1NC(=O)[C@H](CC(=O)O)NC(=O)[C@H](CC(=O)O)NC(=O)CNC(=O)[C@@H]2CCCN2C(=O)[C@H](CC(=O)O)NC(=O)[C@H](Cc2ccc(O)cc2)NC(=O)[C@@H]([C@@H](C)CC)NC(=O)[C@H](CO)NC(=O)[C@@H](N)CCC(=O)NCCCC[C@@H](C(=O)O)NC1=O. The van der Waals surface area contributed by atoms with Crippen LogP contribution >= 0.6 is 0 Å². The number of aliphatic hydroxyl groups excluding tert-OH is 1. The number of nitrogens with zero attached hydrogens (tertiary/aromatic N) is 1. The van der Waals surface area contributed by atoms with Gasteiger partial charge in [-0.05, 0) is 68.1 Å². The lowest BCUT2D eigenvalue weighted by Crippen LogP contribution is -2.61. The van der Waals surface area contributed by atoms with Crippen molar-refractivity contribution < 1.29 is 103 Å². The first-order valence-electron chi connectivity index (χ1n) is 28.3. The third-order valence-electron chi connectivity index (χ3n) is 14.6. The first-order chi connectivity index (χ1) is 41.0. The third kappa shape index (κ3) is 23.8. The minimum Gasteiger partial charge on any atom is -0.508 e. The van der Waals surface area contributed by atoms with Crippen LogP contribution in [0.2, 0.25) is 0 Å². The molecule has 2 aliphatic heterocycles. The van der Waals surface area contributed by atoms with Crippen molar-refractivity contribution in [1.82, 2.24) is 58.1 Å². The summed E-state index contributed by atoms with van der Waals surface area (Å²) in [6.45, 7) is 4.12. The van der Waals surface area contributed by atoms with Gasteiger partial charge in [-0.15, -0.1) is 0 Å². The van der Waals surface area contributed by atoms with Crippen molar-refractivity contribution in [2.45, 2.75) is 172 Å². The zero-order valence-corrected chi connectivity index (χ0v) is 48.6. The quantitative estimate of drug-likeness (QED) is 0.0829. The van der Waals surface area contributed by atoms with E-state index in [1.165, 1.54) is 31.2 Å². The highest BCUT2D eigenvalue weighted by atomic mass is 16.4. The number of hydrogen-bond donors (Lipinski definition) is 17.